The Kier molecular flexibility index (Phi) is 4.87. The third-order valence-electron chi connectivity index (χ3n) is 4.54. The van der Waals surface area contributed by atoms with Crippen LogP contribution >= 0.6 is 0 Å². The molecule has 1 aromatic rings. The molecule has 2 N–H and O–H groups in total. The van der Waals surface area contributed by atoms with Crippen molar-refractivity contribution in [2.75, 3.05) is 18.0 Å². The van der Waals surface area contributed by atoms with Crippen LogP contribution in [0.15, 0.2) is 24.3 Å². The zero-order chi connectivity index (χ0) is 13.8. The van der Waals surface area contributed by atoms with Gasteiger partial charge in [0.15, 0.2) is 0 Å². The lowest BCUT2D eigenvalue weighted by Crippen LogP contribution is -2.43. The molecule has 3 atom stereocenters. The summed E-state index contributed by atoms with van der Waals surface area (Å²) in [5.41, 5.74) is 8.97. The zero-order valence-corrected chi connectivity index (χ0v) is 12.6. The molecule has 0 aliphatic heterocycles. The number of anilines is 1. The molecule has 1 aliphatic carbocycles. The highest BCUT2D eigenvalue weighted by atomic mass is 15.1. The van der Waals surface area contributed by atoms with Gasteiger partial charge in [-0.1, -0.05) is 24.6 Å². The van der Waals surface area contributed by atoms with Crippen LogP contribution < -0.4 is 10.6 Å². The lowest BCUT2D eigenvalue weighted by Gasteiger charge is -2.36. The van der Waals surface area contributed by atoms with Gasteiger partial charge in [-0.25, -0.2) is 0 Å². The topological polar surface area (TPSA) is 29.3 Å². The van der Waals surface area contributed by atoms with Crippen molar-refractivity contribution >= 4 is 5.69 Å². The van der Waals surface area contributed by atoms with Crippen molar-refractivity contribution in [1.29, 1.82) is 0 Å². The molecule has 19 heavy (non-hydrogen) atoms. The molecule has 1 aromatic carbocycles. The van der Waals surface area contributed by atoms with E-state index in [0.29, 0.717) is 12.0 Å². The van der Waals surface area contributed by atoms with Crippen LogP contribution in [0.4, 0.5) is 5.69 Å². The second-order valence-corrected chi connectivity index (χ2v) is 6.22. The zero-order valence-electron chi connectivity index (χ0n) is 12.6. The van der Waals surface area contributed by atoms with Gasteiger partial charge in [-0.3, -0.25) is 0 Å². The average Bonchev–Trinajstić information content (AvgIpc) is 2.41. The van der Waals surface area contributed by atoms with Gasteiger partial charge in [0.2, 0.25) is 0 Å². The van der Waals surface area contributed by atoms with Gasteiger partial charge in [-0.05, 0) is 57.1 Å². The van der Waals surface area contributed by atoms with E-state index < -0.39 is 0 Å². The van der Waals surface area contributed by atoms with E-state index >= 15 is 0 Å². The fourth-order valence-corrected chi connectivity index (χ4v) is 3.19. The molecule has 2 nitrogen and oxygen atoms in total. The second-order valence-electron chi connectivity index (χ2n) is 6.22. The van der Waals surface area contributed by atoms with Gasteiger partial charge in [-0.2, -0.15) is 0 Å². The summed E-state index contributed by atoms with van der Waals surface area (Å²) < 4.78 is 0. The molecule has 2 rings (SSSR count). The number of benzene rings is 1. The first kappa shape index (κ1) is 14.4. The molecule has 3 unspecified atom stereocenters. The van der Waals surface area contributed by atoms with Gasteiger partial charge in [0.05, 0.1) is 0 Å². The highest BCUT2D eigenvalue weighted by Crippen LogP contribution is 2.29. The minimum Gasteiger partial charge on any atom is -0.371 e. The van der Waals surface area contributed by atoms with Crippen LogP contribution in [0.1, 0.15) is 38.7 Å². The Labute approximate surface area is 118 Å². The fraction of sp³-hybridized carbons (Fsp3) is 0.647. The summed E-state index contributed by atoms with van der Waals surface area (Å²) in [6.45, 7) is 8.89. The fourth-order valence-electron chi connectivity index (χ4n) is 3.19. The lowest BCUT2D eigenvalue weighted by atomic mass is 9.79. The minimum atomic E-state index is 0.385. The van der Waals surface area contributed by atoms with Crippen LogP contribution in [-0.4, -0.2) is 19.1 Å². The Bertz CT molecular complexity index is 385. The van der Waals surface area contributed by atoms with Crippen molar-refractivity contribution in [2.24, 2.45) is 17.6 Å². The third kappa shape index (κ3) is 3.73. The Morgan fingerprint density at radius 1 is 1.21 bits per heavy atom. The Hall–Kier alpha value is -1.02. The number of hydrogen-bond donors (Lipinski definition) is 1. The SMILES string of the molecule is CCN(CC1CC(C)CCC1N)c1ccc(C)cc1. The standard InChI is InChI=1S/C17H28N2/c1-4-19(16-8-5-13(2)6-9-16)12-15-11-14(3)7-10-17(15)18/h5-6,8-9,14-15,17H,4,7,10-12,18H2,1-3H3. The van der Waals surface area contributed by atoms with Crippen LogP contribution in [0.5, 0.6) is 0 Å². The van der Waals surface area contributed by atoms with Gasteiger partial charge < -0.3 is 10.6 Å². The first-order chi connectivity index (χ1) is 9.10. The highest BCUT2D eigenvalue weighted by molar-refractivity contribution is 5.47. The molecule has 0 amide bonds. The number of nitrogens with zero attached hydrogens (tertiary/aromatic N) is 1. The number of rotatable bonds is 4. The molecular formula is C17H28N2. The molecule has 0 radical (unpaired) electrons. The Balaban J connectivity index is 2.03. The van der Waals surface area contributed by atoms with Crippen LogP contribution in [0.2, 0.25) is 0 Å². The van der Waals surface area contributed by atoms with Crippen LogP contribution in [0, 0.1) is 18.8 Å². The van der Waals surface area contributed by atoms with Gasteiger partial charge in [0.1, 0.15) is 0 Å². The molecule has 0 aromatic heterocycles. The first-order valence-corrected chi connectivity index (χ1v) is 7.67. The molecule has 0 spiro atoms. The van der Waals surface area contributed by atoms with Gasteiger partial charge in [0, 0.05) is 24.8 Å². The summed E-state index contributed by atoms with van der Waals surface area (Å²) in [7, 11) is 0. The monoisotopic (exact) mass is 260 g/mol. The van der Waals surface area contributed by atoms with E-state index in [1.807, 2.05) is 0 Å². The minimum absolute atomic E-state index is 0.385. The van der Waals surface area contributed by atoms with Crippen molar-refractivity contribution in [1.82, 2.24) is 0 Å². The van der Waals surface area contributed by atoms with Crippen molar-refractivity contribution in [3.05, 3.63) is 29.8 Å². The van der Waals surface area contributed by atoms with E-state index in [-0.39, 0.29) is 0 Å². The molecular weight excluding hydrogens is 232 g/mol. The van der Waals surface area contributed by atoms with E-state index in [0.717, 1.165) is 19.0 Å². The van der Waals surface area contributed by atoms with Gasteiger partial charge in [0.25, 0.3) is 0 Å². The molecule has 1 fully saturated rings. The second kappa shape index (κ2) is 6.42. The van der Waals surface area contributed by atoms with E-state index in [9.17, 15) is 0 Å². The average molecular weight is 260 g/mol. The maximum absolute atomic E-state index is 6.32. The Morgan fingerprint density at radius 3 is 2.53 bits per heavy atom. The van der Waals surface area contributed by atoms with Crippen molar-refractivity contribution in [3.63, 3.8) is 0 Å². The first-order valence-electron chi connectivity index (χ1n) is 7.67. The summed E-state index contributed by atoms with van der Waals surface area (Å²) in [5, 5.41) is 0. The van der Waals surface area contributed by atoms with Crippen LogP contribution in [0.3, 0.4) is 0 Å². The maximum Gasteiger partial charge on any atom is 0.0366 e. The highest BCUT2D eigenvalue weighted by Gasteiger charge is 2.27. The number of aryl methyl sites for hydroxylation is 1. The van der Waals surface area contributed by atoms with Gasteiger partial charge in [-0.15, -0.1) is 0 Å². The quantitative estimate of drug-likeness (QED) is 0.896. The van der Waals surface area contributed by atoms with E-state index in [1.54, 1.807) is 0 Å². The smallest absolute Gasteiger partial charge is 0.0366 e. The van der Waals surface area contributed by atoms with E-state index in [1.165, 1.54) is 30.5 Å². The summed E-state index contributed by atoms with van der Waals surface area (Å²) in [6.07, 6.45) is 3.77. The molecule has 106 valence electrons. The molecule has 0 bridgehead atoms. The molecule has 1 aliphatic rings. The molecule has 0 heterocycles. The lowest BCUT2D eigenvalue weighted by molar-refractivity contribution is 0.248. The number of hydrogen-bond acceptors (Lipinski definition) is 2. The summed E-state index contributed by atoms with van der Waals surface area (Å²) in [5.74, 6) is 1.48. The van der Waals surface area contributed by atoms with E-state index in [4.69, 9.17) is 5.73 Å². The van der Waals surface area contributed by atoms with E-state index in [2.05, 4.69) is 49.9 Å². The van der Waals surface area contributed by atoms with Gasteiger partial charge >= 0.3 is 0 Å². The normalized spacial score (nSPS) is 27.3. The Morgan fingerprint density at radius 2 is 1.89 bits per heavy atom. The molecule has 1 saturated carbocycles. The largest absolute Gasteiger partial charge is 0.371 e. The summed E-state index contributed by atoms with van der Waals surface area (Å²) in [6, 6.07) is 9.24. The van der Waals surface area contributed by atoms with Crippen LogP contribution in [0.25, 0.3) is 0 Å². The predicted molar refractivity (Wildman–Crippen MR) is 83.5 cm³/mol. The van der Waals surface area contributed by atoms with Crippen molar-refractivity contribution in [2.45, 2.75) is 46.1 Å². The summed E-state index contributed by atoms with van der Waals surface area (Å²) >= 11 is 0. The van der Waals surface area contributed by atoms with Crippen molar-refractivity contribution < 1.29 is 0 Å². The van der Waals surface area contributed by atoms with Crippen LogP contribution in [-0.2, 0) is 0 Å². The summed E-state index contributed by atoms with van der Waals surface area (Å²) in [4.78, 5) is 2.47. The molecule has 0 saturated heterocycles. The van der Waals surface area contributed by atoms with Crippen molar-refractivity contribution in [3.8, 4) is 0 Å². The maximum atomic E-state index is 6.32. The third-order valence-corrected chi connectivity index (χ3v) is 4.54. The molecule has 2 heteroatoms. The predicted octanol–water partition coefficient (Wildman–Crippen LogP) is 3.58. The number of nitrogens with two attached hydrogens (primary N) is 1.